The van der Waals surface area contributed by atoms with Gasteiger partial charge in [-0.2, -0.15) is 0 Å². The third kappa shape index (κ3) is 7.10. The van der Waals surface area contributed by atoms with Crippen molar-refractivity contribution in [1.29, 1.82) is 0 Å². The number of ether oxygens (including phenoxy) is 1. The molecule has 0 aliphatic carbocycles. The van der Waals surface area contributed by atoms with Crippen molar-refractivity contribution in [3.05, 3.63) is 90.3 Å². The molecular formula is C28H25F2N5O4. The molecule has 11 heteroatoms. The number of nitrogens with zero attached hydrogens (tertiary/aromatic N) is 3. The van der Waals surface area contributed by atoms with Crippen molar-refractivity contribution in [3.63, 3.8) is 0 Å². The van der Waals surface area contributed by atoms with Crippen molar-refractivity contribution < 1.29 is 27.9 Å². The van der Waals surface area contributed by atoms with E-state index < -0.39 is 41.4 Å². The molecule has 0 unspecified atom stereocenters. The summed E-state index contributed by atoms with van der Waals surface area (Å²) in [5, 5.41) is 12.8. The first-order valence-corrected chi connectivity index (χ1v) is 11.9. The van der Waals surface area contributed by atoms with Crippen LogP contribution in [-0.2, 0) is 9.53 Å². The van der Waals surface area contributed by atoms with E-state index in [0.717, 1.165) is 12.1 Å². The minimum atomic E-state index is -0.803. The SMILES string of the molecule is CC(C)(C)OC(=O)Nc1ccc(-c2ccc(F)cc2F)cc1NC(=O)CC(=O)c1cccc(-n2ccnn2)c1. The minimum Gasteiger partial charge on any atom is -0.444 e. The third-order valence-corrected chi connectivity index (χ3v) is 5.35. The summed E-state index contributed by atoms with van der Waals surface area (Å²) in [6.07, 6.45) is 1.82. The van der Waals surface area contributed by atoms with Crippen LogP contribution in [-0.4, -0.2) is 38.4 Å². The Morgan fingerprint density at radius 2 is 1.74 bits per heavy atom. The van der Waals surface area contributed by atoms with Gasteiger partial charge in [0.2, 0.25) is 5.91 Å². The van der Waals surface area contributed by atoms with Crippen LogP contribution in [0.5, 0.6) is 0 Å². The predicted molar refractivity (Wildman–Crippen MR) is 141 cm³/mol. The van der Waals surface area contributed by atoms with E-state index in [-0.39, 0.29) is 22.5 Å². The number of anilines is 2. The van der Waals surface area contributed by atoms with Gasteiger partial charge in [0.25, 0.3) is 0 Å². The summed E-state index contributed by atoms with van der Waals surface area (Å²) in [5.41, 5.74) is 0.739. The molecule has 0 aliphatic rings. The van der Waals surface area contributed by atoms with E-state index in [0.29, 0.717) is 11.3 Å². The number of aromatic nitrogens is 3. The van der Waals surface area contributed by atoms with Gasteiger partial charge in [0.05, 0.1) is 35.9 Å². The summed E-state index contributed by atoms with van der Waals surface area (Å²) in [6, 6.07) is 14.0. The maximum atomic E-state index is 14.4. The number of amides is 2. The molecule has 4 aromatic rings. The number of nitrogens with one attached hydrogen (secondary N) is 2. The van der Waals surface area contributed by atoms with Crippen LogP contribution in [0.4, 0.5) is 25.0 Å². The molecule has 200 valence electrons. The zero-order valence-electron chi connectivity index (χ0n) is 21.4. The van der Waals surface area contributed by atoms with Crippen LogP contribution >= 0.6 is 0 Å². The maximum Gasteiger partial charge on any atom is 0.412 e. The molecule has 0 spiro atoms. The topological polar surface area (TPSA) is 115 Å². The number of Topliss-reactive ketones (excluding diaryl/α,β-unsaturated/α-hetero) is 1. The molecule has 2 N–H and O–H groups in total. The van der Waals surface area contributed by atoms with Crippen molar-refractivity contribution in [3.8, 4) is 16.8 Å². The Bertz CT molecular complexity index is 1530. The Kier molecular flexibility index (Phi) is 7.80. The molecule has 9 nitrogen and oxygen atoms in total. The lowest BCUT2D eigenvalue weighted by molar-refractivity contribution is -0.115. The zero-order valence-corrected chi connectivity index (χ0v) is 21.4. The van der Waals surface area contributed by atoms with E-state index >= 15 is 0 Å². The first-order chi connectivity index (χ1) is 18.5. The van der Waals surface area contributed by atoms with Crippen LogP contribution in [0.2, 0.25) is 0 Å². The second kappa shape index (κ2) is 11.2. The van der Waals surface area contributed by atoms with E-state index in [9.17, 15) is 23.2 Å². The van der Waals surface area contributed by atoms with Crippen LogP contribution < -0.4 is 10.6 Å². The number of carbonyl (C=O) groups excluding carboxylic acids is 3. The Hall–Kier alpha value is -4.93. The molecule has 1 heterocycles. The van der Waals surface area contributed by atoms with E-state index in [1.807, 2.05) is 0 Å². The van der Waals surface area contributed by atoms with Crippen LogP contribution in [0, 0.1) is 11.6 Å². The largest absolute Gasteiger partial charge is 0.444 e. The number of hydrogen-bond acceptors (Lipinski definition) is 6. The first-order valence-electron chi connectivity index (χ1n) is 11.9. The predicted octanol–water partition coefficient (Wildman–Crippen LogP) is 5.77. The van der Waals surface area contributed by atoms with Crippen molar-refractivity contribution in [1.82, 2.24) is 15.0 Å². The third-order valence-electron chi connectivity index (χ3n) is 5.35. The smallest absolute Gasteiger partial charge is 0.412 e. The normalized spacial score (nSPS) is 11.1. The highest BCUT2D eigenvalue weighted by Gasteiger charge is 2.20. The second-order valence-electron chi connectivity index (χ2n) is 9.56. The van der Waals surface area contributed by atoms with Gasteiger partial charge in [-0.15, -0.1) is 5.10 Å². The van der Waals surface area contributed by atoms with Gasteiger partial charge < -0.3 is 10.1 Å². The average molecular weight is 534 g/mol. The zero-order chi connectivity index (χ0) is 28.2. The molecule has 0 saturated carbocycles. The van der Waals surface area contributed by atoms with Gasteiger partial charge in [-0.3, -0.25) is 14.9 Å². The highest BCUT2D eigenvalue weighted by molar-refractivity contribution is 6.12. The molecule has 1 aromatic heterocycles. The highest BCUT2D eigenvalue weighted by atomic mass is 19.1. The maximum absolute atomic E-state index is 14.4. The Labute approximate surface area is 222 Å². The Morgan fingerprint density at radius 3 is 2.44 bits per heavy atom. The molecule has 0 atom stereocenters. The van der Waals surface area contributed by atoms with Crippen LogP contribution in [0.15, 0.2) is 73.1 Å². The number of hydrogen-bond donors (Lipinski definition) is 2. The van der Waals surface area contributed by atoms with Gasteiger partial charge >= 0.3 is 6.09 Å². The van der Waals surface area contributed by atoms with Crippen LogP contribution in [0.25, 0.3) is 16.8 Å². The van der Waals surface area contributed by atoms with Gasteiger partial charge in [0, 0.05) is 17.2 Å². The van der Waals surface area contributed by atoms with Crippen molar-refractivity contribution in [2.45, 2.75) is 32.8 Å². The molecule has 39 heavy (non-hydrogen) atoms. The standard InChI is InChI=1S/C28H25F2N5O4/c1-28(2,3)39-27(38)33-23-10-7-17(21-9-8-19(29)15-22(21)30)14-24(23)32-26(37)16-25(36)18-5-4-6-20(13-18)35-12-11-31-34-35/h4-15H,16H2,1-3H3,(H,32,37)(H,33,38). The van der Waals surface area contributed by atoms with Gasteiger partial charge in [0.1, 0.15) is 17.2 Å². The summed E-state index contributed by atoms with van der Waals surface area (Å²) in [5.74, 6) is -2.67. The average Bonchev–Trinajstić information content (AvgIpc) is 3.39. The number of benzene rings is 3. The lowest BCUT2D eigenvalue weighted by Crippen LogP contribution is -2.27. The Morgan fingerprint density at radius 1 is 0.949 bits per heavy atom. The van der Waals surface area contributed by atoms with Gasteiger partial charge in [-0.05, 0) is 62.7 Å². The van der Waals surface area contributed by atoms with Gasteiger partial charge in [-0.25, -0.2) is 18.3 Å². The molecule has 4 rings (SSSR count). The second-order valence-corrected chi connectivity index (χ2v) is 9.56. The summed E-state index contributed by atoms with van der Waals surface area (Å²) >= 11 is 0. The number of carbonyl (C=O) groups is 3. The van der Waals surface area contributed by atoms with E-state index in [2.05, 4.69) is 20.9 Å². The monoisotopic (exact) mass is 533 g/mol. The fourth-order valence-corrected chi connectivity index (χ4v) is 3.67. The molecule has 0 fully saturated rings. The first kappa shape index (κ1) is 27.1. The van der Waals surface area contributed by atoms with E-state index in [4.69, 9.17) is 4.74 Å². The number of rotatable bonds is 7. The summed E-state index contributed by atoms with van der Waals surface area (Å²) in [4.78, 5) is 38.2. The summed E-state index contributed by atoms with van der Waals surface area (Å²) in [7, 11) is 0. The molecule has 0 saturated heterocycles. The molecule has 2 amide bonds. The molecule has 3 aromatic carbocycles. The van der Waals surface area contributed by atoms with Crippen molar-refractivity contribution in [2.24, 2.45) is 0 Å². The number of ketones is 1. The molecule has 0 aliphatic heterocycles. The van der Waals surface area contributed by atoms with Crippen molar-refractivity contribution >= 4 is 29.2 Å². The van der Waals surface area contributed by atoms with Gasteiger partial charge in [0.15, 0.2) is 5.78 Å². The summed E-state index contributed by atoms with van der Waals surface area (Å²) in [6.45, 7) is 5.08. The summed E-state index contributed by atoms with van der Waals surface area (Å²) < 4.78 is 34.6. The fraction of sp³-hybridized carbons (Fsp3) is 0.179. The fourth-order valence-electron chi connectivity index (χ4n) is 3.67. The van der Waals surface area contributed by atoms with E-state index in [1.165, 1.54) is 35.1 Å². The molecule has 0 radical (unpaired) electrons. The Balaban J connectivity index is 1.58. The highest BCUT2D eigenvalue weighted by Crippen LogP contribution is 2.31. The lowest BCUT2D eigenvalue weighted by Gasteiger charge is -2.21. The molecule has 0 bridgehead atoms. The molecular weight excluding hydrogens is 508 g/mol. The van der Waals surface area contributed by atoms with Crippen LogP contribution in [0.1, 0.15) is 37.6 Å². The van der Waals surface area contributed by atoms with Crippen LogP contribution in [0.3, 0.4) is 0 Å². The minimum absolute atomic E-state index is 0.0803. The van der Waals surface area contributed by atoms with E-state index in [1.54, 1.807) is 51.2 Å². The quantitative estimate of drug-likeness (QED) is 0.230. The van der Waals surface area contributed by atoms with Crippen molar-refractivity contribution in [2.75, 3.05) is 10.6 Å². The van der Waals surface area contributed by atoms with Gasteiger partial charge in [-0.1, -0.05) is 23.4 Å². The number of halogens is 2. The lowest BCUT2D eigenvalue weighted by atomic mass is 10.0.